The first-order chi connectivity index (χ1) is 14.8. The number of benzene rings is 1. The van der Waals surface area contributed by atoms with Gasteiger partial charge in [-0.1, -0.05) is 43.2 Å². The van der Waals surface area contributed by atoms with Crippen molar-refractivity contribution in [1.29, 1.82) is 0 Å². The van der Waals surface area contributed by atoms with E-state index in [2.05, 4.69) is 39.5 Å². The van der Waals surface area contributed by atoms with Gasteiger partial charge in [0.15, 0.2) is 17.0 Å². The normalized spacial score (nSPS) is 22.4. The van der Waals surface area contributed by atoms with E-state index in [0.717, 1.165) is 42.7 Å². The van der Waals surface area contributed by atoms with Crippen molar-refractivity contribution >= 4 is 22.9 Å². The Labute approximate surface area is 177 Å². The van der Waals surface area contributed by atoms with Gasteiger partial charge in [0.25, 0.3) is 0 Å². The summed E-state index contributed by atoms with van der Waals surface area (Å²) in [5, 5.41) is 7.09. The second-order valence-corrected chi connectivity index (χ2v) is 8.75. The van der Waals surface area contributed by atoms with Crippen molar-refractivity contribution in [3.63, 3.8) is 0 Å². The molecule has 2 fully saturated rings. The molecule has 7 heteroatoms. The molecule has 0 spiro atoms. The van der Waals surface area contributed by atoms with Crippen LogP contribution in [0.15, 0.2) is 36.7 Å². The maximum atomic E-state index is 6.08. The van der Waals surface area contributed by atoms with E-state index in [0.29, 0.717) is 30.6 Å². The standard InChI is InChI=1S/C23H31N7/c24-17-10-12-18(13-11-17)27-23-28-21(25-14-16-6-2-1-3-7-16)20-22(29-23)30(15-26-20)19-8-4-5-9-19/h1-3,6-7,15,17-19H,4-5,8-14,24H2,(H2,25,27,28,29)/t17-,18-. The molecule has 0 unspecified atom stereocenters. The fraction of sp³-hybridized carbons (Fsp3) is 0.522. The largest absolute Gasteiger partial charge is 0.364 e. The van der Waals surface area contributed by atoms with Gasteiger partial charge >= 0.3 is 0 Å². The van der Waals surface area contributed by atoms with Crippen LogP contribution in [0, 0.1) is 0 Å². The summed E-state index contributed by atoms with van der Waals surface area (Å²) in [6, 6.07) is 11.6. The lowest BCUT2D eigenvalue weighted by atomic mass is 9.92. The van der Waals surface area contributed by atoms with Crippen molar-refractivity contribution in [3.8, 4) is 0 Å². The molecule has 0 aliphatic heterocycles. The smallest absolute Gasteiger partial charge is 0.227 e. The lowest BCUT2D eigenvalue weighted by molar-refractivity contribution is 0.410. The van der Waals surface area contributed by atoms with Crippen LogP contribution in [0.4, 0.5) is 11.8 Å². The summed E-state index contributed by atoms with van der Waals surface area (Å²) in [6.07, 6.45) is 11.2. The first-order valence-electron chi connectivity index (χ1n) is 11.3. The third-order valence-corrected chi connectivity index (χ3v) is 6.55. The van der Waals surface area contributed by atoms with Crippen molar-refractivity contribution in [2.24, 2.45) is 5.73 Å². The molecule has 0 bridgehead atoms. The molecule has 0 amide bonds. The van der Waals surface area contributed by atoms with Crippen molar-refractivity contribution < 1.29 is 0 Å². The molecule has 4 N–H and O–H groups in total. The quantitative estimate of drug-likeness (QED) is 0.568. The Morgan fingerprint density at radius 3 is 2.50 bits per heavy atom. The van der Waals surface area contributed by atoms with Gasteiger partial charge in [-0.2, -0.15) is 9.97 Å². The highest BCUT2D eigenvalue weighted by molar-refractivity contribution is 5.84. The van der Waals surface area contributed by atoms with Gasteiger partial charge in [0.1, 0.15) is 0 Å². The van der Waals surface area contributed by atoms with Gasteiger partial charge in [0, 0.05) is 24.7 Å². The first-order valence-corrected chi connectivity index (χ1v) is 11.3. The Bertz CT molecular complexity index is 970. The third-order valence-electron chi connectivity index (χ3n) is 6.55. The maximum Gasteiger partial charge on any atom is 0.227 e. The summed E-state index contributed by atoms with van der Waals surface area (Å²) >= 11 is 0. The van der Waals surface area contributed by atoms with Crippen LogP contribution in [-0.2, 0) is 6.54 Å². The number of nitrogens with two attached hydrogens (primary N) is 1. The molecule has 5 rings (SSSR count). The zero-order chi connectivity index (χ0) is 20.3. The molecule has 30 heavy (non-hydrogen) atoms. The maximum absolute atomic E-state index is 6.08. The van der Waals surface area contributed by atoms with Crippen LogP contribution in [0.3, 0.4) is 0 Å². The van der Waals surface area contributed by atoms with Crippen molar-refractivity contribution in [2.45, 2.75) is 76.0 Å². The summed E-state index contributed by atoms with van der Waals surface area (Å²) in [5.41, 5.74) is 9.09. The van der Waals surface area contributed by atoms with Gasteiger partial charge < -0.3 is 20.9 Å². The number of nitrogens with zero attached hydrogens (tertiary/aromatic N) is 4. The molecule has 3 aromatic rings. The molecular weight excluding hydrogens is 374 g/mol. The molecule has 0 atom stereocenters. The highest BCUT2D eigenvalue weighted by atomic mass is 15.2. The Balaban J connectivity index is 1.45. The van der Waals surface area contributed by atoms with E-state index >= 15 is 0 Å². The summed E-state index contributed by atoms with van der Waals surface area (Å²) in [6.45, 7) is 0.709. The highest BCUT2D eigenvalue weighted by Gasteiger charge is 2.23. The minimum atomic E-state index is 0.332. The number of anilines is 2. The Kier molecular flexibility index (Phi) is 5.53. The molecule has 0 radical (unpaired) electrons. The monoisotopic (exact) mass is 405 g/mol. The summed E-state index contributed by atoms with van der Waals surface area (Å²) < 4.78 is 2.26. The molecule has 158 valence electrons. The van der Waals surface area contributed by atoms with E-state index in [1.807, 2.05) is 12.4 Å². The second-order valence-electron chi connectivity index (χ2n) is 8.75. The van der Waals surface area contributed by atoms with Crippen molar-refractivity contribution in [3.05, 3.63) is 42.2 Å². The van der Waals surface area contributed by atoms with Crippen LogP contribution in [0.25, 0.3) is 11.2 Å². The van der Waals surface area contributed by atoms with Crippen LogP contribution < -0.4 is 16.4 Å². The highest BCUT2D eigenvalue weighted by Crippen LogP contribution is 2.33. The predicted octanol–water partition coefficient (Wildman–Crippen LogP) is 4.24. The fourth-order valence-corrected chi connectivity index (χ4v) is 4.78. The number of rotatable bonds is 6. The van der Waals surface area contributed by atoms with E-state index in [1.165, 1.54) is 31.2 Å². The zero-order valence-electron chi connectivity index (χ0n) is 17.4. The number of aromatic nitrogens is 4. The number of fused-ring (bicyclic) bond motifs is 1. The molecule has 2 aliphatic carbocycles. The van der Waals surface area contributed by atoms with Crippen molar-refractivity contribution in [2.75, 3.05) is 10.6 Å². The van der Waals surface area contributed by atoms with Gasteiger partial charge in [0.2, 0.25) is 5.95 Å². The number of imidazole rings is 1. The van der Waals surface area contributed by atoms with Crippen LogP contribution in [-0.4, -0.2) is 31.6 Å². The Morgan fingerprint density at radius 2 is 1.73 bits per heavy atom. The number of hydrogen-bond donors (Lipinski definition) is 3. The lowest BCUT2D eigenvalue weighted by Gasteiger charge is -2.27. The third kappa shape index (κ3) is 4.12. The summed E-state index contributed by atoms with van der Waals surface area (Å²) in [4.78, 5) is 14.4. The Hall–Kier alpha value is -2.67. The first kappa shape index (κ1) is 19.3. The average Bonchev–Trinajstić information content (AvgIpc) is 3.44. The van der Waals surface area contributed by atoms with Gasteiger partial charge in [0.05, 0.1) is 6.33 Å². The minimum Gasteiger partial charge on any atom is -0.364 e. The second kappa shape index (κ2) is 8.60. The number of nitrogens with one attached hydrogen (secondary N) is 2. The lowest BCUT2D eigenvalue weighted by Crippen LogP contribution is -2.33. The van der Waals surface area contributed by atoms with E-state index < -0.39 is 0 Å². The molecule has 7 nitrogen and oxygen atoms in total. The topological polar surface area (TPSA) is 93.7 Å². The van der Waals surface area contributed by atoms with Crippen molar-refractivity contribution in [1.82, 2.24) is 19.5 Å². The van der Waals surface area contributed by atoms with Crippen LogP contribution in [0.2, 0.25) is 0 Å². The van der Waals surface area contributed by atoms with Gasteiger partial charge in [-0.15, -0.1) is 0 Å². The SMILES string of the molecule is N[C@H]1CC[C@H](Nc2nc(NCc3ccccc3)c3ncn(C4CCCC4)c3n2)CC1. The number of hydrogen-bond acceptors (Lipinski definition) is 6. The molecule has 0 saturated heterocycles. The molecule has 1 aromatic carbocycles. The van der Waals surface area contributed by atoms with Crippen LogP contribution in [0.5, 0.6) is 0 Å². The Morgan fingerprint density at radius 1 is 0.967 bits per heavy atom. The van der Waals surface area contributed by atoms with Gasteiger partial charge in [-0.25, -0.2) is 4.98 Å². The van der Waals surface area contributed by atoms with Crippen LogP contribution in [0.1, 0.15) is 63.0 Å². The molecule has 2 aromatic heterocycles. The molecule has 2 saturated carbocycles. The molecular formula is C23H31N7. The molecule has 2 aliphatic rings. The van der Waals surface area contributed by atoms with E-state index in [-0.39, 0.29) is 0 Å². The minimum absolute atomic E-state index is 0.332. The zero-order valence-corrected chi connectivity index (χ0v) is 17.4. The average molecular weight is 406 g/mol. The van der Waals surface area contributed by atoms with Gasteiger partial charge in [-0.3, -0.25) is 0 Å². The fourth-order valence-electron chi connectivity index (χ4n) is 4.78. The summed E-state index contributed by atoms with van der Waals surface area (Å²) in [5.74, 6) is 1.49. The predicted molar refractivity (Wildman–Crippen MR) is 120 cm³/mol. The summed E-state index contributed by atoms with van der Waals surface area (Å²) in [7, 11) is 0. The van der Waals surface area contributed by atoms with Gasteiger partial charge in [-0.05, 0) is 44.1 Å². The van der Waals surface area contributed by atoms with E-state index in [9.17, 15) is 0 Å². The van der Waals surface area contributed by atoms with E-state index in [4.69, 9.17) is 20.7 Å². The van der Waals surface area contributed by atoms with E-state index in [1.54, 1.807) is 0 Å². The molecule has 2 heterocycles. The van der Waals surface area contributed by atoms with Crippen LogP contribution >= 0.6 is 0 Å².